The number of hydrogen-bond donors (Lipinski definition) is 0. The Hall–Kier alpha value is -6.69. The van der Waals surface area contributed by atoms with Gasteiger partial charge >= 0.3 is 6.18 Å². The number of aryl methyl sites for hydroxylation is 3. The molecule has 0 N–H and O–H groups in total. The minimum Gasteiger partial charge on any atom is -0.441 e. The van der Waals surface area contributed by atoms with Gasteiger partial charge in [-0.1, -0.05) is 13.0 Å². The molecule has 0 bridgehead atoms. The highest BCUT2D eigenvalue weighted by Gasteiger charge is 2.52. The first-order valence-corrected chi connectivity index (χ1v) is 18.5. The molecule has 0 radical (unpaired) electrons. The molecule has 11 nitrogen and oxygen atoms in total. The van der Waals surface area contributed by atoms with Crippen molar-refractivity contribution in [3.8, 4) is 51.2 Å². The average Bonchev–Trinajstić information content (AvgIpc) is 4.00. The van der Waals surface area contributed by atoms with E-state index in [0.29, 0.717) is 45.4 Å². The third-order valence-electron chi connectivity index (χ3n) is 10.2. The lowest BCUT2D eigenvalue weighted by molar-refractivity contribution is -0.219. The molecule has 294 valence electrons. The molecule has 0 saturated carbocycles. The molecule has 0 aliphatic carbocycles. The Morgan fingerprint density at radius 2 is 1.53 bits per heavy atom. The number of halogens is 4. The van der Waals surface area contributed by atoms with Gasteiger partial charge < -0.3 is 17.8 Å². The van der Waals surface area contributed by atoms with Crippen LogP contribution in [0.25, 0.3) is 61.8 Å². The van der Waals surface area contributed by atoms with Gasteiger partial charge in [0.15, 0.2) is 23.3 Å². The highest BCUT2D eigenvalue weighted by atomic mass is 19.4. The number of nitrogens with zero attached hydrogens (tertiary/aromatic N) is 9. The first kappa shape index (κ1) is 38.2. The van der Waals surface area contributed by atoms with Crippen LogP contribution in [0.15, 0.2) is 94.5 Å². The monoisotopic (exact) mass is 787 g/mol. The van der Waals surface area contributed by atoms with Crippen LogP contribution in [0.5, 0.6) is 0 Å². The first-order chi connectivity index (χ1) is 27.6. The summed E-state index contributed by atoms with van der Waals surface area (Å²) in [6.45, 7) is 5.84. The Morgan fingerprint density at radius 3 is 2.28 bits per heavy atom. The van der Waals surface area contributed by atoms with Crippen LogP contribution >= 0.6 is 0 Å². The molecule has 1 aromatic carbocycles. The number of alkyl halides is 4. The number of fused-ring (bicyclic) bond motifs is 2. The average molecular weight is 788 g/mol. The van der Waals surface area contributed by atoms with Gasteiger partial charge in [-0.3, -0.25) is 4.98 Å². The van der Waals surface area contributed by atoms with Gasteiger partial charge in [0.05, 0.1) is 52.3 Å². The number of nitriles is 1. The fourth-order valence-corrected chi connectivity index (χ4v) is 7.08. The number of hydrogen-bond acceptors (Lipinski definition) is 9. The van der Waals surface area contributed by atoms with Crippen LogP contribution in [0.4, 0.5) is 17.6 Å². The van der Waals surface area contributed by atoms with E-state index in [1.807, 2.05) is 35.9 Å². The van der Waals surface area contributed by atoms with Crippen LogP contribution in [0, 0.1) is 23.7 Å². The second-order valence-electron chi connectivity index (χ2n) is 15.4. The van der Waals surface area contributed by atoms with Gasteiger partial charge in [0, 0.05) is 66.7 Å². The fourth-order valence-electron chi connectivity index (χ4n) is 7.08. The molecule has 0 fully saturated rings. The van der Waals surface area contributed by atoms with Crippen LogP contribution in [-0.2, 0) is 26.3 Å². The van der Waals surface area contributed by atoms with Crippen molar-refractivity contribution in [3.63, 3.8) is 0 Å². The number of rotatable bonds is 11. The highest BCUT2D eigenvalue weighted by Crippen LogP contribution is 2.45. The van der Waals surface area contributed by atoms with Crippen molar-refractivity contribution in [1.29, 1.82) is 5.26 Å². The molecule has 7 heterocycles. The van der Waals surface area contributed by atoms with Gasteiger partial charge in [-0.05, 0) is 75.7 Å². The van der Waals surface area contributed by atoms with E-state index in [-0.39, 0.29) is 41.6 Å². The number of imidazole rings is 2. The van der Waals surface area contributed by atoms with Crippen molar-refractivity contribution in [1.82, 2.24) is 38.9 Å². The van der Waals surface area contributed by atoms with Gasteiger partial charge in [-0.25, -0.2) is 29.3 Å². The Balaban J connectivity index is 1.15. The summed E-state index contributed by atoms with van der Waals surface area (Å²) in [5.74, 6) is 0.811. The lowest BCUT2D eigenvalue weighted by Crippen LogP contribution is -2.39. The summed E-state index contributed by atoms with van der Waals surface area (Å²) >= 11 is 0. The zero-order chi connectivity index (χ0) is 41.0. The minimum absolute atomic E-state index is 0.0903. The maximum absolute atomic E-state index is 15.4. The van der Waals surface area contributed by atoms with Crippen LogP contribution < -0.4 is 0 Å². The van der Waals surface area contributed by atoms with Crippen molar-refractivity contribution in [3.05, 3.63) is 115 Å². The van der Waals surface area contributed by atoms with E-state index in [0.717, 1.165) is 23.5 Å². The van der Waals surface area contributed by atoms with Crippen LogP contribution in [0.2, 0.25) is 0 Å². The Kier molecular flexibility index (Phi) is 9.45. The third-order valence-corrected chi connectivity index (χ3v) is 10.2. The first-order valence-electron chi connectivity index (χ1n) is 18.5. The molecule has 0 aliphatic heterocycles. The summed E-state index contributed by atoms with van der Waals surface area (Å²) in [5.41, 5.74) is 2.35. The van der Waals surface area contributed by atoms with Gasteiger partial charge in [0.25, 0.3) is 0 Å². The number of oxazole rings is 2. The SMILES string of the molecule is Cc1cn2c(CC(C)(Cc3ncc(-c4cccnc4-c4ccc5c(c4)ncn5C)o3)C(F)(F)F)cc(-c3nc(C#N)ccc3-c3cnc(CCC(C)(C)F)o3)cc2n1. The summed E-state index contributed by atoms with van der Waals surface area (Å²) in [4.78, 5) is 26.9. The summed E-state index contributed by atoms with van der Waals surface area (Å²) in [6, 6.07) is 17.8. The summed E-state index contributed by atoms with van der Waals surface area (Å²) in [7, 11) is 1.90. The molecule has 7 aromatic heterocycles. The maximum atomic E-state index is 15.4. The van der Waals surface area contributed by atoms with Crippen LogP contribution in [0.1, 0.15) is 56.1 Å². The van der Waals surface area contributed by atoms with E-state index in [4.69, 9.17) is 8.83 Å². The lowest BCUT2D eigenvalue weighted by atomic mass is 9.80. The van der Waals surface area contributed by atoms with E-state index in [1.54, 1.807) is 60.4 Å². The molecule has 58 heavy (non-hydrogen) atoms. The predicted octanol–water partition coefficient (Wildman–Crippen LogP) is 9.87. The topological polar surface area (TPSA) is 137 Å². The summed E-state index contributed by atoms with van der Waals surface area (Å²) in [5, 5.41) is 9.77. The van der Waals surface area contributed by atoms with Gasteiger partial charge in [-0.15, -0.1) is 0 Å². The van der Waals surface area contributed by atoms with Gasteiger partial charge in [0.1, 0.15) is 23.1 Å². The molecular formula is C43H37F4N9O2. The molecule has 8 rings (SSSR count). The number of aromatic nitrogens is 8. The van der Waals surface area contributed by atoms with E-state index in [1.165, 1.54) is 32.3 Å². The van der Waals surface area contributed by atoms with E-state index < -0.39 is 30.1 Å². The fraction of sp³-hybridized carbons (Fsp3) is 0.279. The maximum Gasteiger partial charge on any atom is 0.395 e. The van der Waals surface area contributed by atoms with Crippen LogP contribution in [0.3, 0.4) is 0 Å². The van der Waals surface area contributed by atoms with E-state index in [9.17, 15) is 9.65 Å². The summed E-state index contributed by atoms with van der Waals surface area (Å²) in [6.07, 6.45) is 2.62. The second-order valence-corrected chi connectivity index (χ2v) is 15.4. The van der Waals surface area contributed by atoms with Crippen molar-refractivity contribution in [2.75, 3.05) is 0 Å². The molecule has 15 heteroatoms. The van der Waals surface area contributed by atoms with Gasteiger partial charge in [0.2, 0.25) is 0 Å². The van der Waals surface area contributed by atoms with Crippen molar-refractivity contribution in [2.24, 2.45) is 12.5 Å². The standard InChI is InChI=1S/C43H37F4N9O2/c1-25-23-56-29(15-27(17-36(56)53-25)40-31(10-9-28(20-48)54-40)35-21-50-37(57-35)12-13-41(2,3)44)18-42(4,43(45,46)47)19-38-51-22-34(58-38)30-7-6-14-49-39(30)26-8-11-33-32(16-26)52-24-55(33)5/h6-11,14-17,21-24H,12-13,18-19H2,1-5H3. The molecule has 1 atom stereocenters. The van der Waals surface area contributed by atoms with Crippen LogP contribution in [-0.4, -0.2) is 50.7 Å². The third kappa shape index (κ3) is 7.45. The molecular weight excluding hydrogens is 751 g/mol. The van der Waals surface area contributed by atoms with E-state index in [2.05, 4.69) is 29.9 Å². The smallest absolute Gasteiger partial charge is 0.395 e. The summed E-state index contributed by atoms with van der Waals surface area (Å²) < 4.78 is 76.0. The van der Waals surface area contributed by atoms with Gasteiger partial charge in [-0.2, -0.15) is 18.4 Å². The quantitative estimate of drug-likeness (QED) is 0.117. The predicted molar refractivity (Wildman–Crippen MR) is 208 cm³/mol. The largest absolute Gasteiger partial charge is 0.441 e. The molecule has 0 aliphatic rings. The molecule has 1 unspecified atom stereocenters. The number of benzene rings is 1. The lowest BCUT2D eigenvalue weighted by Gasteiger charge is -2.31. The molecule has 8 aromatic rings. The van der Waals surface area contributed by atoms with Crippen molar-refractivity contribution in [2.45, 2.75) is 65.2 Å². The normalized spacial score (nSPS) is 13.3. The highest BCUT2D eigenvalue weighted by molar-refractivity contribution is 5.86. The molecule has 0 spiro atoms. The Bertz CT molecular complexity index is 2850. The molecule has 0 saturated heterocycles. The minimum atomic E-state index is -4.70. The molecule has 0 amide bonds. The second kappa shape index (κ2) is 14.4. The van der Waals surface area contributed by atoms with Crippen molar-refractivity contribution >= 4 is 16.7 Å². The van der Waals surface area contributed by atoms with Crippen molar-refractivity contribution < 1.29 is 26.4 Å². The van der Waals surface area contributed by atoms with E-state index >= 15 is 13.2 Å². The zero-order valence-corrected chi connectivity index (χ0v) is 32.3. The Labute approximate surface area is 330 Å². The zero-order valence-electron chi connectivity index (χ0n) is 32.3. The number of pyridine rings is 3. The Morgan fingerprint density at radius 1 is 0.793 bits per heavy atom.